The van der Waals surface area contributed by atoms with E-state index >= 15 is 0 Å². The van der Waals surface area contributed by atoms with Crippen molar-refractivity contribution in [2.45, 2.75) is 6.61 Å². The monoisotopic (exact) mass is 279 g/mol. The van der Waals surface area contributed by atoms with Crippen LogP contribution in [0, 0.1) is 23.0 Å². The van der Waals surface area contributed by atoms with Crippen LogP contribution >= 0.6 is 11.6 Å². The third kappa shape index (κ3) is 3.21. The summed E-state index contributed by atoms with van der Waals surface area (Å²) in [6, 6.07) is 10.2. The predicted molar refractivity (Wildman–Crippen MR) is 66.9 cm³/mol. The molecule has 0 aliphatic carbocycles. The summed E-state index contributed by atoms with van der Waals surface area (Å²) in [7, 11) is 0. The highest BCUT2D eigenvalue weighted by Gasteiger charge is 2.12. The van der Waals surface area contributed by atoms with Gasteiger partial charge in [0.15, 0.2) is 17.4 Å². The number of hydrogen-bond donors (Lipinski definition) is 0. The Labute approximate surface area is 113 Å². The molecule has 0 amide bonds. The highest BCUT2D eigenvalue weighted by atomic mass is 35.5. The molecule has 0 N–H and O–H groups in total. The molecule has 0 aromatic heterocycles. The van der Waals surface area contributed by atoms with Crippen molar-refractivity contribution in [2.75, 3.05) is 0 Å². The smallest absolute Gasteiger partial charge is 0.191 e. The van der Waals surface area contributed by atoms with Gasteiger partial charge in [-0.3, -0.25) is 0 Å². The second-order valence-electron chi connectivity index (χ2n) is 3.80. The summed E-state index contributed by atoms with van der Waals surface area (Å²) in [6.45, 7) is 0.0108. The molecule has 0 spiro atoms. The fourth-order valence-corrected chi connectivity index (χ4v) is 1.62. The van der Waals surface area contributed by atoms with E-state index in [2.05, 4.69) is 0 Å². The number of benzene rings is 2. The van der Waals surface area contributed by atoms with Gasteiger partial charge in [0.1, 0.15) is 6.61 Å². The molecule has 96 valence electrons. The van der Waals surface area contributed by atoms with Crippen molar-refractivity contribution in [2.24, 2.45) is 0 Å². The van der Waals surface area contributed by atoms with Crippen molar-refractivity contribution in [3.05, 3.63) is 64.2 Å². The second kappa shape index (κ2) is 5.68. The van der Waals surface area contributed by atoms with Crippen molar-refractivity contribution in [1.29, 1.82) is 5.26 Å². The molecular formula is C14H8ClF2NO. The van der Waals surface area contributed by atoms with Crippen molar-refractivity contribution >= 4 is 11.6 Å². The minimum absolute atomic E-state index is 0.0108. The molecule has 0 saturated heterocycles. The zero-order chi connectivity index (χ0) is 13.8. The van der Waals surface area contributed by atoms with Gasteiger partial charge < -0.3 is 4.74 Å². The number of nitrogens with zero attached hydrogens (tertiary/aromatic N) is 1. The van der Waals surface area contributed by atoms with Crippen LogP contribution in [0.25, 0.3) is 0 Å². The summed E-state index contributed by atoms with van der Waals surface area (Å²) in [5.41, 5.74) is 0.640. The Morgan fingerprint density at radius 3 is 2.21 bits per heavy atom. The van der Waals surface area contributed by atoms with E-state index in [1.54, 1.807) is 30.3 Å². The summed E-state index contributed by atoms with van der Waals surface area (Å²) in [4.78, 5) is 0. The molecule has 2 aromatic carbocycles. The van der Waals surface area contributed by atoms with Gasteiger partial charge in [0.05, 0.1) is 11.6 Å². The molecule has 5 heteroatoms. The molecule has 0 heterocycles. The van der Waals surface area contributed by atoms with Gasteiger partial charge in [-0.25, -0.2) is 8.78 Å². The zero-order valence-electron chi connectivity index (χ0n) is 9.66. The van der Waals surface area contributed by atoms with Crippen LogP contribution in [-0.4, -0.2) is 0 Å². The maximum Gasteiger partial charge on any atom is 0.191 e. The van der Waals surface area contributed by atoms with E-state index in [-0.39, 0.29) is 12.2 Å². The number of hydrogen-bond acceptors (Lipinski definition) is 2. The third-order valence-corrected chi connectivity index (χ3v) is 2.68. The fourth-order valence-electron chi connectivity index (χ4n) is 1.50. The summed E-state index contributed by atoms with van der Waals surface area (Å²) in [6.07, 6.45) is 0. The van der Waals surface area contributed by atoms with E-state index in [0.717, 1.165) is 17.7 Å². The molecule has 0 bridgehead atoms. The Bertz CT molecular complexity index is 612. The first-order valence-electron chi connectivity index (χ1n) is 5.36. The molecule has 2 nitrogen and oxygen atoms in total. The van der Waals surface area contributed by atoms with E-state index < -0.39 is 17.4 Å². The Balaban J connectivity index is 2.16. The van der Waals surface area contributed by atoms with Crippen molar-refractivity contribution in [3.63, 3.8) is 0 Å². The molecule has 0 saturated carbocycles. The molecule has 0 atom stereocenters. The molecule has 0 radical (unpaired) electrons. The lowest BCUT2D eigenvalue weighted by Gasteiger charge is -2.08. The molecule has 2 aromatic rings. The number of halogens is 3. The number of rotatable bonds is 3. The van der Waals surface area contributed by atoms with Crippen LogP contribution in [0.3, 0.4) is 0 Å². The van der Waals surface area contributed by atoms with E-state index in [1.165, 1.54) is 0 Å². The lowest BCUT2D eigenvalue weighted by atomic mass is 10.2. The predicted octanol–water partition coefficient (Wildman–Crippen LogP) is 4.07. The standard InChI is InChI=1S/C14H8ClF2NO/c15-11-3-1-9(2-4-11)8-19-14-12(16)5-10(7-18)6-13(14)17/h1-6H,8H2. The van der Waals surface area contributed by atoms with Gasteiger partial charge in [0.2, 0.25) is 0 Å². The van der Waals surface area contributed by atoms with Crippen molar-refractivity contribution in [1.82, 2.24) is 0 Å². The Morgan fingerprint density at radius 2 is 1.68 bits per heavy atom. The van der Waals surface area contributed by atoms with Crippen molar-refractivity contribution in [3.8, 4) is 11.8 Å². The van der Waals surface area contributed by atoms with E-state index in [1.807, 2.05) is 0 Å². The lowest BCUT2D eigenvalue weighted by molar-refractivity contribution is 0.274. The van der Waals surface area contributed by atoms with Crippen LogP contribution in [-0.2, 0) is 6.61 Å². The Kier molecular flexibility index (Phi) is 3.98. The molecule has 19 heavy (non-hydrogen) atoms. The Hall–Kier alpha value is -2.12. The molecule has 0 fully saturated rings. The highest BCUT2D eigenvalue weighted by Crippen LogP contribution is 2.24. The summed E-state index contributed by atoms with van der Waals surface area (Å²) >= 11 is 5.72. The molecule has 2 rings (SSSR count). The van der Waals surface area contributed by atoms with Crippen LogP contribution in [0.4, 0.5) is 8.78 Å². The average Bonchev–Trinajstić information content (AvgIpc) is 2.39. The van der Waals surface area contributed by atoms with E-state index in [9.17, 15) is 8.78 Å². The number of ether oxygens (including phenoxy) is 1. The second-order valence-corrected chi connectivity index (χ2v) is 4.23. The zero-order valence-corrected chi connectivity index (χ0v) is 10.4. The first-order valence-corrected chi connectivity index (χ1v) is 5.74. The van der Waals surface area contributed by atoms with Crippen LogP contribution in [0.1, 0.15) is 11.1 Å². The van der Waals surface area contributed by atoms with Gasteiger partial charge >= 0.3 is 0 Å². The van der Waals surface area contributed by atoms with E-state index in [4.69, 9.17) is 21.6 Å². The average molecular weight is 280 g/mol. The molecule has 0 unspecified atom stereocenters. The number of nitriles is 1. The van der Waals surface area contributed by atoms with Gasteiger partial charge in [-0.15, -0.1) is 0 Å². The first kappa shape index (κ1) is 13.3. The van der Waals surface area contributed by atoms with Gasteiger partial charge in [0.25, 0.3) is 0 Å². The highest BCUT2D eigenvalue weighted by molar-refractivity contribution is 6.30. The molecule has 0 aliphatic heterocycles. The largest absolute Gasteiger partial charge is 0.483 e. The normalized spacial score (nSPS) is 10.0. The van der Waals surface area contributed by atoms with E-state index in [0.29, 0.717) is 5.02 Å². The maximum atomic E-state index is 13.5. The van der Waals surface area contributed by atoms with Gasteiger partial charge in [0, 0.05) is 5.02 Å². The topological polar surface area (TPSA) is 33.0 Å². The fraction of sp³-hybridized carbons (Fsp3) is 0.0714. The summed E-state index contributed by atoms with van der Waals surface area (Å²) in [5, 5.41) is 9.14. The van der Waals surface area contributed by atoms with Crippen molar-refractivity contribution < 1.29 is 13.5 Å². The van der Waals surface area contributed by atoms with Gasteiger partial charge in [-0.05, 0) is 29.8 Å². The lowest BCUT2D eigenvalue weighted by Crippen LogP contribution is -2.00. The van der Waals surface area contributed by atoms with Crippen LogP contribution in [0.2, 0.25) is 5.02 Å². The van der Waals surface area contributed by atoms with Crippen LogP contribution in [0.15, 0.2) is 36.4 Å². The SMILES string of the molecule is N#Cc1cc(F)c(OCc2ccc(Cl)cc2)c(F)c1. The third-order valence-electron chi connectivity index (χ3n) is 2.42. The molecule has 0 aliphatic rings. The first-order chi connectivity index (χ1) is 9.10. The van der Waals surface area contributed by atoms with Gasteiger partial charge in [-0.1, -0.05) is 23.7 Å². The van der Waals surface area contributed by atoms with Gasteiger partial charge in [-0.2, -0.15) is 5.26 Å². The minimum atomic E-state index is -0.898. The summed E-state index contributed by atoms with van der Waals surface area (Å²) in [5.74, 6) is -2.29. The maximum absolute atomic E-state index is 13.5. The molecular weight excluding hydrogens is 272 g/mol. The van der Waals surface area contributed by atoms with Crippen LogP contribution < -0.4 is 4.74 Å². The Morgan fingerprint density at radius 1 is 1.11 bits per heavy atom. The van der Waals surface area contributed by atoms with Crippen LogP contribution in [0.5, 0.6) is 5.75 Å². The summed E-state index contributed by atoms with van der Waals surface area (Å²) < 4.78 is 32.1. The quantitative estimate of drug-likeness (QED) is 0.848. The minimum Gasteiger partial charge on any atom is -0.483 e.